The van der Waals surface area contributed by atoms with Gasteiger partial charge < -0.3 is 4.79 Å². The summed E-state index contributed by atoms with van der Waals surface area (Å²) in [5, 5.41) is 8.39. The number of hydrogen-bond acceptors (Lipinski definition) is 1. The van der Waals surface area contributed by atoms with Crippen molar-refractivity contribution >= 4 is 64.2 Å². The monoisotopic (exact) mass is 692 g/mol. The van der Waals surface area contributed by atoms with E-state index in [-0.39, 0.29) is 0 Å². The van der Waals surface area contributed by atoms with E-state index in [1.165, 1.54) is 31.8 Å². The third-order valence-corrected chi connectivity index (χ3v) is 11.0. The largest absolute Gasteiger partial charge is 0.0622 e. The summed E-state index contributed by atoms with van der Waals surface area (Å²) in [5.41, 5.74) is 0. The van der Waals surface area contributed by atoms with E-state index in [1.54, 1.807) is 17.3 Å². The van der Waals surface area contributed by atoms with Gasteiger partial charge in [0.25, 0.3) is 0 Å². The Morgan fingerprint density at radius 2 is 0.429 bits per heavy atom. The summed E-state index contributed by atoms with van der Waals surface area (Å²) < 4.78 is 0. The van der Waals surface area contributed by atoms with Crippen LogP contribution in [-0.2, 0) is 22.1 Å². The van der Waals surface area contributed by atoms with Gasteiger partial charge in [0.05, 0.1) is 0 Å². The fourth-order valence-electron chi connectivity index (χ4n) is 4.36. The normalized spacial score (nSPS) is 9.83. The molecule has 0 aliphatic heterocycles. The Labute approximate surface area is 266 Å². The molecule has 0 amide bonds. The minimum Gasteiger partial charge on any atom is -0.0622 e. The van der Waals surface area contributed by atoms with E-state index in [9.17, 15) is 0 Å². The standard InChI is InChI=1S/2C18H15P.CH2O.ClH.Ru.H/c2*1-4-10-16(11-5-1)19(17-12-6-2-7-13-17)18-14-8-3-9-15-18;1-2;;;/h2*1-15H;1H2;1H;;/q;;;;+1;/p-1. The number of carbonyl (C=O) groups is 1. The minimum absolute atomic E-state index is 0.446. The predicted octanol–water partition coefficient (Wildman–Crippen LogP) is 7.12. The molecule has 0 spiro atoms. The molecule has 0 radical (unpaired) electrons. The molecule has 0 atom stereocenters. The Morgan fingerprint density at radius 1 is 0.310 bits per heavy atom. The molecule has 0 fully saturated rings. The molecular formula is C37H33ClOP2Ru. The molecule has 1 nitrogen and oxygen atoms in total. The Morgan fingerprint density at radius 3 is 0.548 bits per heavy atom. The SMILES string of the molecule is C=O.[Cl][RuH].c1ccc(P(c2ccccc2)c2ccccc2)cc1.c1ccc(P(c2ccccc2)c2ccccc2)cc1. The zero-order chi connectivity index (χ0) is 29.8. The maximum Gasteiger partial charge on any atom is -0.0134 e. The van der Waals surface area contributed by atoms with Crippen molar-refractivity contribution in [2.45, 2.75) is 0 Å². The van der Waals surface area contributed by atoms with Gasteiger partial charge in [-0.2, -0.15) is 0 Å². The van der Waals surface area contributed by atoms with Crippen LogP contribution in [0, 0.1) is 0 Å². The molecule has 6 aromatic rings. The first-order valence-corrected chi connectivity index (χ1v) is 18.3. The van der Waals surface area contributed by atoms with Crippen LogP contribution in [0.5, 0.6) is 0 Å². The van der Waals surface area contributed by atoms with E-state index in [1.807, 2.05) is 6.79 Å². The van der Waals surface area contributed by atoms with Crippen LogP contribution >= 0.6 is 25.5 Å². The van der Waals surface area contributed by atoms with E-state index in [4.69, 9.17) is 4.79 Å². The van der Waals surface area contributed by atoms with Crippen molar-refractivity contribution in [3.8, 4) is 0 Å². The van der Waals surface area contributed by atoms with E-state index in [2.05, 4.69) is 192 Å². The third kappa shape index (κ3) is 9.94. The summed E-state index contributed by atoms with van der Waals surface area (Å²) in [4.78, 5) is 8.00. The molecule has 0 aliphatic rings. The van der Waals surface area contributed by atoms with Gasteiger partial charge in [-0.15, -0.1) is 0 Å². The maximum absolute atomic E-state index is 8.00. The molecule has 0 bridgehead atoms. The molecule has 0 saturated heterocycles. The molecule has 0 N–H and O–H groups in total. The van der Waals surface area contributed by atoms with E-state index >= 15 is 0 Å². The molecule has 5 heteroatoms. The fourth-order valence-corrected chi connectivity index (χ4v) is 8.97. The summed E-state index contributed by atoms with van der Waals surface area (Å²) >= 11 is 1.62. The summed E-state index contributed by atoms with van der Waals surface area (Å²) in [5.74, 6) is 0. The van der Waals surface area contributed by atoms with Crippen LogP contribution < -0.4 is 31.8 Å². The number of halogens is 1. The van der Waals surface area contributed by atoms with Gasteiger partial charge in [0.15, 0.2) is 0 Å². The second-order valence-electron chi connectivity index (χ2n) is 8.68. The summed E-state index contributed by atoms with van der Waals surface area (Å²) in [7, 11) is 3.72. The molecule has 6 aromatic carbocycles. The average Bonchev–Trinajstić information content (AvgIpc) is 3.10. The van der Waals surface area contributed by atoms with Crippen molar-refractivity contribution in [3.63, 3.8) is 0 Å². The van der Waals surface area contributed by atoms with E-state index < -0.39 is 15.8 Å². The number of carbonyl (C=O) groups excluding carboxylic acids is 1. The first kappa shape index (κ1) is 33.3. The van der Waals surface area contributed by atoms with Crippen LogP contribution in [0.25, 0.3) is 0 Å². The molecule has 212 valence electrons. The molecule has 0 aromatic heterocycles. The van der Waals surface area contributed by atoms with Gasteiger partial charge >= 0.3 is 27.0 Å². The number of hydrogen-bond donors (Lipinski definition) is 0. The van der Waals surface area contributed by atoms with Crippen LogP contribution in [-0.4, -0.2) is 6.79 Å². The average molecular weight is 692 g/mol. The Bertz CT molecular complexity index is 1200. The quantitative estimate of drug-likeness (QED) is 0.134. The van der Waals surface area contributed by atoms with Gasteiger partial charge in [-0.1, -0.05) is 182 Å². The van der Waals surface area contributed by atoms with Crippen molar-refractivity contribution in [1.29, 1.82) is 0 Å². The van der Waals surface area contributed by atoms with Crippen LogP contribution in [0.2, 0.25) is 0 Å². The second-order valence-corrected chi connectivity index (χ2v) is 13.1. The van der Waals surface area contributed by atoms with Crippen molar-refractivity contribution in [2.75, 3.05) is 0 Å². The molecule has 42 heavy (non-hydrogen) atoms. The first-order chi connectivity index (χ1) is 20.9. The summed E-state index contributed by atoms with van der Waals surface area (Å²) in [6, 6.07) is 64.7. The van der Waals surface area contributed by atoms with Crippen LogP contribution in [0.15, 0.2) is 182 Å². The Balaban J connectivity index is 0.000000206. The van der Waals surface area contributed by atoms with Gasteiger partial charge in [0, 0.05) is 0 Å². The van der Waals surface area contributed by atoms with Crippen molar-refractivity contribution < 1.29 is 22.1 Å². The van der Waals surface area contributed by atoms with E-state index in [0.717, 1.165) is 0 Å². The van der Waals surface area contributed by atoms with Gasteiger partial charge in [0.2, 0.25) is 0 Å². The van der Waals surface area contributed by atoms with Crippen molar-refractivity contribution in [3.05, 3.63) is 182 Å². The molecule has 0 unspecified atom stereocenters. The Kier molecular flexibility index (Phi) is 15.7. The van der Waals surface area contributed by atoms with Crippen LogP contribution in [0.4, 0.5) is 0 Å². The van der Waals surface area contributed by atoms with Crippen LogP contribution in [0.1, 0.15) is 0 Å². The molecular weight excluding hydrogens is 659 g/mol. The maximum atomic E-state index is 8.00. The second kappa shape index (κ2) is 19.8. The smallest absolute Gasteiger partial charge is 0.0134 e. The zero-order valence-electron chi connectivity index (χ0n) is 23.1. The fraction of sp³-hybridized carbons (Fsp3) is 0. The zero-order valence-corrected chi connectivity index (χ0v) is 27.5. The third-order valence-electron chi connectivity index (χ3n) is 6.09. The van der Waals surface area contributed by atoms with Gasteiger partial charge in [-0.3, -0.25) is 0 Å². The molecule has 0 saturated carbocycles. The molecule has 6 rings (SSSR count). The summed E-state index contributed by atoms with van der Waals surface area (Å²) in [6.07, 6.45) is 0. The topological polar surface area (TPSA) is 17.1 Å². The van der Waals surface area contributed by atoms with Crippen LogP contribution in [0.3, 0.4) is 0 Å². The molecule has 0 heterocycles. The van der Waals surface area contributed by atoms with Gasteiger partial charge in [-0.25, -0.2) is 0 Å². The minimum atomic E-state index is -0.446. The first-order valence-electron chi connectivity index (χ1n) is 13.2. The van der Waals surface area contributed by atoms with Crippen molar-refractivity contribution in [1.82, 2.24) is 0 Å². The molecule has 0 aliphatic carbocycles. The predicted molar refractivity (Wildman–Crippen MR) is 185 cm³/mol. The summed E-state index contributed by atoms with van der Waals surface area (Å²) in [6.45, 7) is 2.00. The van der Waals surface area contributed by atoms with Gasteiger partial charge in [0.1, 0.15) is 6.79 Å². The van der Waals surface area contributed by atoms with Gasteiger partial charge in [-0.05, 0) is 47.7 Å². The van der Waals surface area contributed by atoms with E-state index in [0.29, 0.717) is 0 Å². The number of rotatable bonds is 6. The Hall–Kier alpha value is -3.24. The number of benzene rings is 6. The van der Waals surface area contributed by atoms with Crippen molar-refractivity contribution in [2.24, 2.45) is 0 Å².